The van der Waals surface area contributed by atoms with Crippen molar-refractivity contribution in [2.75, 3.05) is 31.7 Å². The third kappa shape index (κ3) is 3.97. The normalized spacial score (nSPS) is 16.9. The van der Waals surface area contributed by atoms with Crippen LogP contribution in [0.25, 0.3) is 10.9 Å². The van der Waals surface area contributed by atoms with Crippen molar-refractivity contribution >= 4 is 40.8 Å². The van der Waals surface area contributed by atoms with Crippen molar-refractivity contribution in [2.45, 2.75) is 43.0 Å². The molecule has 0 saturated carbocycles. The molecule has 5 rings (SSSR count). The molecule has 2 aromatic heterocycles. The molecule has 4 heterocycles. The second-order valence-corrected chi connectivity index (χ2v) is 9.01. The monoisotopic (exact) mass is 472 g/mol. The molecule has 3 aromatic rings. The van der Waals surface area contributed by atoms with Crippen molar-refractivity contribution in [1.29, 1.82) is 0 Å². The van der Waals surface area contributed by atoms with E-state index in [9.17, 15) is 13.6 Å². The second kappa shape index (κ2) is 8.95. The number of anilines is 2. The van der Waals surface area contributed by atoms with Gasteiger partial charge in [0, 0.05) is 60.6 Å². The van der Waals surface area contributed by atoms with Crippen molar-refractivity contribution in [2.24, 2.45) is 0 Å². The zero-order chi connectivity index (χ0) is 23.1. The lowest BCUT2D eigenvalue weighted by Crippen LogP contribution is -2.25. The number of nitrogens with one attached hydrogen (secondary N) is 1. The molecule has 1 fully saturated rings. The first-order chi connectivity index (χ1) is 16.0. The second-order valence-electron chi connectivity index (χ2n) is 8.53. The first kappa shape index (κ1) is 22.2. The first-order valence-corrected chi connectivity index (χ1v) is 11.6. The van der Waals surface area contributed by atoms with Crippen LogP contribution in [0.5, 0.6) is 0 Å². The summed E-state index contributed by atoms with van der Waals surface area (Å²) in [6.07, 6.45) is 4.70. The number of benzene rings is 1. The number of nitrogens with zero attached hydrogens (tertiary/aromatic N) is 3. The maximum Gasteiger partial charge on any atom is 0.269 e. The van der Waals surface area contributed by atoms with Gasteiger partial charge in [0.05, 0.1) is 17.4 Å². The van der Waals surface area contributed by atoms with Crippen molar-refractivity contribution in [3.8, 4) is 0 Å². The molecule has 1 aromatic carbocycles. The fourth-order valence-corrected chi connectivity index (χ4v) is 5.24. The maximum absolute atomic E-state index is 13.7. The van der Waals surface area contributed by atoms with Crippen LogP contribution in [0.3, 0.4) is 0 Å². The molecule has 174 valence electrons. The summed E-state index contributed by atoms with van der Waals surface area (Å²) in [6, 6.07) is 5.39. The highest BCUT2D eigenvalue weighted by molar-refractivity contribution is 7.80. The van der Waals surface area contributed by atoms with Crippen LogP contribution in [0.15, 0.2) is 35.5 Å². The van der Waals surface area contributed by atoms with Gasteiger partial charge in [0.2, 0.25) is 0 Å². The molecular weight excluding hydrogens is 446 g/mol. The van der Waals surface area contributed by atoms with Gasteiger partial charge in [0.1, 0.15) is 5.69 Å². The molecule has 6 nitrogen and oxygen atoms in total. The van der Waals surface area contributed by atoms with Gasteiger partial charge in [0.15, 0.2) is 0 Å². The Morgan fingerprint density at radius 3 is 2.76 bits per heavy atom. The smallest absolute Gasteiger partial charge is 0.269 e. The van der Waals surface area contributed by atoms with Crippen LogP contribution >= 0.6 is 12.6 Å². The summed E-state index contributed by atoms with van der Waals surface area (Å²) < 4.78 is 35.1. The van der Waals surface area contributed by atoms with E-state index in [0.29, 0.717) is 30.3 Å². The standard InChI is InChI=1S/C24H26F2N4O2S/c1-27-24(31)18-10-16-20(12-28-18)30(15-4-7-32-8-5-15)13-21(16)29-6-2-3-14-9-22(33)17(23(25)26)11-19(14)29/h9-13,15,23,33H,2-8H2,1H3,(H,27,31). The number of thiol groups is 1. The molecule has 2 aliphatic heterocycles. The van der Waals surface area contributed by atoms with Crippen LogP contribution in [-0.4, -0.2) is 42.3 Å². The highest BCUT2D eigenvalue weighted by Gasteiger charge is 2.27. The van der Waals surface area contributed by atoms with E-state index in [4.69, 9.17) is 4.74 Å². The Hall–Kier alpha value is -2.65. The molecule has 1 saturated heterocycles. The lowest BCUT2D eigenvalue weighted by atomic mass is 9.98. The average molecular weight is 473 g/mol. The van der Waals surface area contributed by atoms with Crippen LogP contribution in [-0.2, 0) is 11.2 Å². The number of fused-ring (bicyclic) bond motifs is 2. The summed E-state index contributed by atoms with van der Waals surface area (Å²) >= 11 is 4.30. The minimum atomic E-state index is -2.60. The number of aromatic nitrogens is 2. The van der Waals surface area contributed by atoms with E-state index in [-0.39, 0.29) is 17.5 Å². The van der Waals surface area contributed by atoms with E-state index in [0.717, 1.165) is 53.5 Å². The van der Waals surface area contributed by atoms with Crippen LogP contribution in [0.4, 0.5) is 20.2 Å². The topological polar surface area (TPSA) is 59.4 Å². The van der Waals surface area contributed by atoms with Crippen LogP contribution in [0, 0.1) is 0 Å². The lowest BCUT2D eigenvalue weighted by molar-refractivity contribution is 0.0707. The van der Waals surface area contributed by atoms with Crippen LogP contribution < -0.4 is 10.2 Å². The Bertz CT molecular complexity index is 1210. The van der Waals surface area contributed by atoms with E-state index < -0.39 is 6.43 Å². The third-order valence-corrected chi connectivity index (χ3v) is 7.00. The SMILES string of the molecule is CNC(=O)c1cc2c(N3CCCc4cc(S)c(C(F)F)cc43)cn(C3CCOCC3)c2cn1. The number of rotatable bonds is 4. The highest BCUT2D eigenvalue weighted by atomic mass is 32.1. The fourth-order valence-electron chi connectivity index (χ4n) is 4.92. The third-order valence-electron chi connectivity index (χ3n) is 6.61. The number of pyridine rings is 1. The number of carbonyl (C=O) groups is 1. The predicted octanol–water partition coefficient (Wildman–Crippen LogP) is 5.06. The van der Waals surface area contributed by atoms with E-state index in [2.05, 4.69) is 38.6 Å². The van der Waals surface area contributed by atoms with Gasteiger partial charge >= 0.3 is 0 Å². The number of hydrogen-bond acceptors (Lipinski definition) is 5. The predicted molar refractivity (Wildman–Crippen MR) is 126 cm³/mol. The molecular formula is C24H26F2N4O2S. The quantitative estimate of drug-likeness (QED) is 0.522. The molecule has 0 unspecified atom stereocenters. The van der Waals surface area contributed by atoms with Crippen LogP contribution in [0.1, 0.15) is 53.3 Å². The van der Waals surface area contributed by atoms with E-state index in [1.54, 1.807) is 31.4 Å². The van der Waals surface area contributed by atoms with Crippen molar-refractivity contribution in [3.05, 3.63) is 47.4 Å². The molecule has 0 atom stereocenters. The molecule has 0 bridgehead atoms. The Morgan fingerprint density at radius 2 is 2.03 bits per heavy atom. The van der Waals surface area contributed by atoms with Crippen molar-refractivity contribution in [3.63, 3.8) is 0 Å². The molecule has 1 amide bonds. The minimum absolute atomic E-state index is 0.0649. The van der Waals surface area contributed by atoms with Gasteiger partial charge in [-0.2, -0.15) is 0 Å². The molecule has 9 heteroatoms. The molecule has 2 aliphatic rings. The minimum Gasteiger partial charge on any atom is -0.381 e. The van der Waals surface area contributed by atoms with Gasteiger partial charge < -0.3 is 19.5 Å². The number of carbonyl (C=O) groups excluding carboxylic acids is 1. The highest BCUT2D eigenvalue weighted by Crippen LogP contribution is 2.43. The number of amides is 1. The Balaban J connectivity index is 1.69. The lowest BCUT2D eigenvalue weighted by Gasteiger charge is -2.32. The number of halogens is 2. The van der Waals surface area contributed by atoms with E-state index >= 15 is 0 Å². The van der Waals surface area contributed by atoms with Crippen molar-refractivity contribution < 1.29 is 18.3 Å². The van der Waals surface area contributed by atoms with Gasteiger partial charge in [-0.15, -0.1) is 12.6 Å². The Morgan fingerprint density at radius 1 is 1.24 bits per heavy atom. The number of aryl methyl sites for hydroxylation is 1. The average Bonchev–Trinajstić information content (AvgIpc) is 3.21. The Labute approximate surface area is 196 Å². The zero-order valence-electron chi connectivity index (χ0n) is 18.4. The number of alkyl halides is 2. The van der Waals surface area contributed by atoms with Gasteiger partial charge in [0.25, 0.3) is 12.3 Å². The Kier molecular flexibility index (Phi) is 6.01. The number of hydrogen-bond donors (Lipinski definition) is 2. The summed E-state index contributed by atoms with van der Waals surface area (Å²) in [5.74, 6) is -0.264. The van der Waals surface area contributed by atoms with Gasteiger partial charge in [-0.05, 0) is 49.4 Å². The van der Waals surface area contributed by atoms with Crippen LogP contribution in [0.2, 0.25) is 0 Å². The molecule has 1 N–H and O–H groups in total. The fraction of sp³-hybridized carbons (Fsp3) is 0.417. The molecule has 0 aliphatic carbocycles. The summed E-state index contributed by atoms with van der Waals surface area (Å²) in [7, 11) is 1.57. The largest absolute Gasteiger partial charge is 0.381 e. The zero-order valence-corrected chi connectivity index (χ0v) is 19.2. The van der Waals surface area contributed by atoms with Gasteiger partial charge in [-0.3, -0.25) is 4.79 Å². The van der Waals surface area contributed by atoms with E-state index in [1.165, 1.54) is 0 Å². The maximum atomic E-state index is 13.7. The molecule has 0 radical (unpaired) electrons. The van der Waals surface area contributed by atoms with Gasteiger partial charge in [-0.1, -0.05) is 0 Å². The summed E-state index contributed by atoms with van der Waals surface area (Å²) in [5.41, 5.74) is 3.87. The summed E-state index contributed by atoms with van der Waals surface area (Å²) in [4.78, 5) is 19.1. The van der Waals surface area contributed by atoms with E-state index in [1.807, 2.05) is 0 Å². The molecule has 0 spiro atoms. The summed E-state index contributed by atoms with van der Waals surface area (Å²) in [6.45, 7) is 2.09. The summed E-state index contributed by atoms with van der Waals surface area (Å²) in [5, 5.41) is 3.51. The molecule has 33 heavy (non-hydrogen) atoms. The van der Waals surface area contributed by atoms with Crippen molar-refractivity contribution in [1.82, 2.24) is 14.9 Å². The number of ether oxygens (including phenoxy) is 1. The first-order valence-electron chi connectivity index (χ1n) is 11.2. The van der Waals surface area contributed by atoms with Gasteiger partial charge in [-0.25, -0.2) is 13.8 Å².